The van der Waals surface area contributed by atoms with Crippen molar-refractivity contribution >= 4 is 23.2 Å². The Labute approximate surface area is 189 Å². The van der Waals surface area contributed by atoms with E-state index in [0.717, 1.165) is 42.9 Å². The highest BCUT2D eigenvalue weighted by atomic mass is 35.5. The smallest absolute Gasteiger partial charge is 0.269 e. The van der Waals surface area contributed by atoms with Crippen LogP contribution in [0.1, 0.15) is 30.5 Å². The fourth-order valence-corrected chi connectivity index (χ4v) is 3.64. The lowest BCUT2D eigenvalue weighted by molar-refractivity contribution is -0.384. The van der Waals surface area contributed by atoms with E-state index in [4.69, 9.17) is 11.6 Å². The molecule has 0 atom stereocenters. The Balaban J connectivity index is 2.02. The second-order valence-electron chi connectivity index (χ2n) is 7.47. The molecule has 0 radical (unpaired) electrons. The summed E-state index contributed by atoms with van der Waals surface area (Å²) < 4.78 is 0. The van der Waals surface area contributed by atoms with Gasteiger partial charge in [-0.05, 0) is 42.8 Å². The third kappa shape index (κ3) is 7.94. The van der Waals surface area contributed by atoms with E-state index in [1.54, 1.807) is 12.1 Å². The topological polar surface area (TPSA) is 78.7 Å². The number of aryl methyl sites for hydroxylation is 1. The quantitative estimate of drug-likeness (QED) is 0.393. The van der Waals surface area contributed by atoms with Crippen molar-refractivity contribution in [2.75, 3.05) is 32.7 Å². The number of nitro benzene ring substituents is 1. The van der Waals surface area contributed by atoms with Gasteiger partial charge in [0.2, 0.25) is 5.91 Å². The Morgan fingerprint density at radius 3 is 2.29 bits per heavy atom. The SMILES string of the molecule is CCN(CC)CCN(CC(=O)NCc1c(C)cccc1Cl)Cc1ccc([N+](=O)[O-])cc1. The van der Waals surface area contributed by atoms with E-state index in [9.17, 15) is 14.9 Å². The molecule has 2 aromatic carbocycles. The van der Waals surface area contributed by atoms with Crippen molar-refractivity contribution in [2.24, 2.45) is 0 Å². The Morgan fingerprint density at radius 2 is 1.71 bits per heavy atom. The molecule has 7 nitrogen and oxygen atoms in total. The lowest BCUT2D eigenvalue weighted by Gasteiger charge is -2.26. The highest BCUT2D eigenvalue weighted by Gasteiger charge is 2.14. The van der Waals surface area contributed by atoms with E-state index in [2.05, 4.69) is 29.0 Å². The van der Waals surface area contributed by atoms with Crippen LogP contribution in [0, 0.1) is 17.0 Å². The number of halogens is 1. The van der Waals surface area contributed by atoms with Crippen molar-refractivity contribution in [3.8, 4) is 0 Å². The zero-order valence-corrected chi connectivity index (χ0v) is 19.2. The van der Waals surface area contributed by atoms with Gasteiger partial charge in [-0.3, -0.25) is 19.8 Å². The van der Waals surface area contributed by atoms with Crippen molar-refractivity contribution in [1.29, 1.82) is 0 Å². The number of nitro groups is 1. The first-order valence-electron chi connectivity index (χ1n) is 10.5. The van der Waals surface area contributed by atoms with Crippen LogP contribution < -0.4 is 5.32 Å². The second-order valence-corrected chi connectivity index (χ2v) is 7.88. The number of benzene rings is 2. The number of amides is 1. The largest absolute Gasteiger partial charge is 0.351 e. The minimum atomic E-state index is -0.411. The van der Waals surface area contributed by atoms with Crippen molar-refractivity contribution in [3.05, 3.63) is 74.3 Å². The van der Waals surface area contributed by atoms with Gasteiger partial charge >= 0.3 is 0 Å². The van der Waals surface area contributed by atoms with Gasteiger partial charge in [0.05, 0.1) is 11.5 Å². The molecule has 0 aliphatic rings. The summed E-state index contributed by atoms with van der Waals surface area (Å²) in [5.74, 6) is -0.0826. The van der Waals surface area contributed by atoms with Crippen LogP contribution >= 0.6 is 11.6 Å². The third-order valence-corrected chi connectivity index (χ3v) is 5.72. The summed E-state index contributed by atoms with van der Waals surface area (Å²) in [6.45, 7) is 10.8. The van der Waals surface area contributed by atoms with Crippen molar-refractivity contribution in [1.82, 2.24) is 15.1 Å². The highest BCUT2D eigenvalue weighted by molar-refractivity contribution is 6.31. The van der Waals surface area contributed by atoms with Crippen molar-refractivity contribution in [3.63, 3.8) is 0 Å². The fourth-order valence-electron chi connectivity index (χ4n) is 3.35. The van der Waals surface area contributed by atoms with Gasteiger partial charge in [0.15, 0.2) is 0 Å². The number of carbonyl (C=O) groups is 1. The summed E-state index contributed by atoms with van der Waals surface area (Å²) in [5, 5.41) is 14.5. The minimum absolute atomic E-state index is 0.0614. The fraction of sp³-hybridized carbons (Fsp3) is 0.435. The van der Waals surface area contributed by atoms with Crippen molar-refractivity contribution < 1.29 is 9.72 Å². The van der Waals surface area contributed by atoms with Crippen molar-refractivity contribution in [2.45, 2.75) is 33.9 Å². The number of nitrogens with one attached hydrogen (secondary N) is 1. The molecule has 2 rings (SSSR count). The summed E-state index contributed by atoms with van der Waals surface area (Å²) in [7, 11) is 0. The van der Waals surface area contributed by atoms with Crippen LogP contribution in [0.15, 0.2) is 42.5 Å². The summed E-state index contributed by atoms with van der Waals surface area (Å²) >= 11 is 6.26. The first-order valence-corrected chi connectivity index (χ1v) is 10.9. The Kier molecular flexibility index (Phi) is 9.91. The van der Waals surface area contributed by atoms with Gasteiger partial charge in [0, 0.05) is 43.3 Å². The number of carbonyl (C=O) groups excluding carboxylic acids is 1. The van der Waals surface area contributed by atoms with E-state index in [1.165, 1.54) is 12.1 Å². The minimum Gasteiger partial charge on any atom is -0.351 e. The Bertz CT molecular complexity index is 849. The van der Waals surface area contributed by atoms with Gasteiger partial charge < -0.3 is 10.2 Å². The molecule has 0 saturated heterocycles. The maximum Gasteiger partial charge on any atom is 0.269 e. The molecular weight excluding hydrogens is 416 g/mol. The molecule has 1 N–H and O–H groups in total. The lowest BCUT2D eigenvalue weighted by atomic mass is 10.1. The molecule has 0 bridgehead atoms. The summed E-state index contributed by atoms with van der Waals surface area (Å²) in [6, 6.07) is 12.2. The number of non-ortho nitro benzene ring substituents is 1. The molecule has 0 aliphatic heterocycles. The van der Waals surface area contributed by atoms with E-state index in [-0.39, 0.29) is 18.1 Å². The van der Waals surface area contributed by atoms with Crippen LogP contribution in [0.5, 0.6) is 0 Å². The molecule has 168 valence electrons. The maximum atomic E-state index is 12.7. The van der Waals surface area contributed by atoms with Crippen LogP contribution in [0.4, 0.5) is 5.69 Å². The second kappa shape index (κ2) is 12.4. The normalized spacial score (nSPS) is 11.2. The van der Waals surface area contributed by atoms with E-state index in [0.29, 0.717) is 18.1 Å². The Hall–Kier alpha value is -2.48. The van der Waals surface area contributed by atoms with Crippen LogP contribution in [0.3, 0.4) is 0 Å². The van der Waals surface area contributed by atoms with Gasteiger partial charge in [-0.1, -0.05) is 49.7 Å². The maximum absolute atomic E-state index is 12.7. The van der Waals surface area contributed by atoms with Crippen LogP contribution in [0.2, 0.25) is 5.02 Å². The predicted molar refractivity (Wildman–Crippen MR) is 124 cm³/mol. The molecule has 1 amide bonds. The molecule has 0 fully saturated rings. The first kappa shape index (κ1) is 24.8. The summed E-state index contributed by atoms with van der Waals surface area (Å²) in [4.78, 5) is 27.5. The molecule has 2 aromatic rings. The van der Waals surface area contributed by atoms with Gasteiger partial charge in [-0.2, -0.15) is 0 Å². The third-order valence-electron chi connectivity index (χ3n) is 5.36. The molecule has 31 heavy (non-hydrogen) atoms. The predicted octanol–water partition coefficient (Wildman–Crippen LogP) is 4.02. The lowest BCUT2D eigenvalue weighted by Crippen LogP contribution is -2.41. The molecular formula is C23H31ClN4O3. The summed E-state index contributed by atoms with van der Waals surface area (Å²) in [6.07, 6.45) is 0. The van der Waals surface area contributed by atoms with E-state index >= 15 is 0 Å². The molecule has 0 aliphatic carbocycles. The molecule has 8 heteroatoms. The highest BCUT2D eigenvalue weighted by Crippen LogP contribution is 2.19. The number of likely N-dealkylation sites (N-methyl/N-ethyl adjacent to an activating group) is 1. The van der Waals surface area contributed by atoms with Crippen LogP contribution in [0.25, 0.3) is 0 Å². The average molecular weight is 447 g/mol. The summed E-state index contributed by atoms with van der Waals surface area (Å²) in [5.41, 5.74) is 2.95. The zero-order valence-electron chi connectivity index (χ0n) is 18.4. The number of hydrogen-bond acceptors (Lipinski definition) is 5. The number of rotatable bonds is 12. The molecule has 0 heterocycles. The Morgan fingerprint density at radius 1 is 1.06 bits per heavy atom. The van der Waals surface area contributed by atoms with Gasteiger partial charge in [0.1, 0.15) is 0 Å². The molecule has 0 saturated carbocycles. The van der Waals surface area contributed by atoms with Gasteiger partial charge in [0.25, 0.3) is 5.69 Å². The number of nitrogens with zero attached hydrogens (tertiary/aromatic N) is 3. The number of hydrogen-bond donors (Lipinski definition) is 1. The van der Waals surface area contributed by atoms with Gasteiger partial charge in [-0.25, -0.2) is 0 Å². The zero-order chi connectivity index (χ0) is 22.8. The molecule has 0 aromatic heterocycles. The standard InChI is InChI=1S/C23H31ClN4O3/c1-4-26(5-2)13-14-27(16-19-9-11-20(12-10-19)28(30)31)17-23(29)25-15-21-18(3)7-6-8-22(21)24/h6-12H,4-5,13-17H2,1-3H3,(H,25,29). The van der Waals surface area contributed by atoms with E-state index in [1.807, 2.05) is 25.1 Å². The van der Waals surface area contributed by atoms with E-state index < -0.39 is 4.92 Å². The van der Waals surface area contributed by atoms with Crippen LogP contribution in [-0.2, 0) is 17.9 Å². The molecule has 0 unspecified atom stereocenters. The monoisotopic (exact) mass is 446 g/mol. The van der Waals surface area contributed by atoms with Crippen LogP contribution in [-0.4, -0.2) is 53.4 Å². The average Bonchev–Trinajstić information content (AvgIpc) is 2.74. The first-order chi connectivity index (χ1) is 14.8. The van der Waals surface area contributed by atoms with Gasteiger partial charge in [-0.15, -0.1) is 0 Å². The molecule has 0 spiro atoms.